The van der Waals surface area contributed by atoms with Gasteiger partial charge in [-0.05, 0) is 25.5 Å². The van der Waals surface area contributed by atoms with Gasteiger partial charge in [-0.1, -0.05) is 31.5 Å². The number of nitrogens with one attached hydrogen (secondary N) is 1. The first-order valence-corrected chi connectivity index (χ1v) is 9.19. The maximum atomic E-state index is 12.8. The van der Waals surface area contributed by atoms with Crippen LogP contribution in [0.5, 0.6) is 5.75 Å². The van der Waals surface area contributed by atoms with Crippen LogP contribution in [0.15, 0.2) is 39.9 Å². The monoisotopic (exact) mass is 386 g/mol. The Labute approximate surface area is 163 Å². The quantitative estimate of drug-likeness (QED) is 0.674. The zero-order valence-electron chi connectivity index (χ0n) is 16.4. The summed E-state index contributed by atoms with van der Waals surface area (Å²) in [5.41, 5.74) is 5.54. The lowest BCUT2D eigenvalue weighted by Crippen LogP contribution is -2.40. The average Bonchev–Trinajstić information content (AvgIpc) is 2.69. The van der Waals surface area contributed by atoms with Crippen molar-refractivity contribution in [2.24, 2.45) is 0 Å². The van der Waals surface area contributed by atoms with Gasteiger partial charge in [0.2, 0.25) is 0 Å². The topological polar surface area (TPSA) is 110 Å². The van der Waals surface area contributed by atoms with Crippen molar-refractivity contribution in [3.63, 3.8) is 0 Å². The van der Waals surface area contributed by atoms with Gasteiger partial charge in [-0.15, -0.1) is 0 Å². The summed E-state index contributed by atoms with van der Waals surface area (Å²) in [5.74, 6) is 0.189. The minimum absolute atomic E-state index is 0.0110. The first kappa shape index (κ1) is 21.0. The van der Waals surface area contributed by atoms with E-state index in [-0.39, 0.29) is 18.1 Å². The number of aromatic nitrogens is 2. The molecule has 0 spiro atoms. The number of carbonyl (C=O) groups excluding carboxylic acids is 1. The Morgan fingerprint density at radius 3 is 2.64 bits per heavy atom. The lowest BCUT2D eigenvalue weighted by Gasteiger charge is -2.22. The molecule has 28 heavy (non-hydrogen) atoms. The Balaban J connectivity index is 2.42. The summed E-state index contributed by atoms with van der Waals surface area (Å²) in [6, 6.07) is 7.26. The number of aromatic amines is 1. The molecule has 0 bridgehead atoms. The van der Waals surface area contributed by atoms with E-state index in [1.54, 1.807) is 26.2 Å². The number of amides is 1. The van der Waals surface area contributed by atoms with E-state index in [4.69, 9.17) is 10.5 Å². The Morgan fingerprint density at radius 2 is 2.00 bits per heavy atom. The number of hydrogen-bond acceptors (Lipinski definition) is 5. The van der Waals surface area contributed by atoms with Gasteiger partial charge in [0.25, 0.3) is 11.5 Å². The number of anilines is 2. The van der Waals surface area contributed by atoms with E-state index in [0.717, 1.165) is 18.4 Å². The highest BCUT2D eigenvalue weighted by molar-refractivity contribution is 6.05. The van der Waals surface area contributed by atoms with E-state index in [2.05, 4.69) is 4.98 Å². The van der Waals surface area contributed by atoms with Crippen LogP contribution in [0.25, 0.3) is 6.08 Å². The SMILES string of the molecule is CCCCn1c(N)c(N(CC)C(=O)/C=C/c2ccccc2OC)c(=O)[nH]c1=O. The molecule has 150 valence electrons. The molecule has 0 fully saturated rings. The van der Waals surface area contributed by atoms with Crippen LogP contribution < -0.4 is 26.6 Å². The van der Waals surface area contributed by atoms with Crippen LogP contribution in [0.4, 0.5) is 11.5 Å². The summed E-state index contributed by atoms with van der Waals surface area (Å²) in [7, 11) is 1.55. The Bertz CT molecular complexity index is 975. The number of para-hydroxylation sites is 1. The number of carbonyl (C=O) groups is 1. The summed E-state index contributed by atoms with van der Waals surface area (Å²) in [5, 5.41) is 0. The van der Waals surface area contributed by atoms with Crippen LogP contribution >= 0.6 is 0 Å². The van der Waals surface area contributed by atoms with Crippen molar-refractivity contribution in [2.45, 2.75) is 33.2 Å². The molecule has 8 heteroatoms. The average molecular weight is 386 g/mol. The number of unbranched alkanes of at least 4 members (excludes halogenated alkanes) is 1. The van der Waals surface area contributed by atoms with Gasteiger partial charge in [-0.2, -0.15) is 0 Å². The predicted octanol–water partition coefficient (Wildman–Crippen LogP) is 1.99. The third-order valence-corrected chi connectivity index (χ3v) is 4.35. The molecule has 1 aromatic carbocycles. The van der Waals surface area contributed by atoms with Crippen molar-refractivity contribution < 1.29 is 9.53 Å². The first-order valence-electron chi connectivity index (χ1n) is 9.19. The van der Waals surface area contributed by atoms with Gasteiger partial charge < -0.3 is 15.4 Å². The highest BCUT2D eigenvalue weighted by atomic mass is 16.5. The molecule has 8 nitrogen and oxygen atoms in total. The Hall–Kier alpha value is -3.29. The van der Waals surface area contributed by atoms with Gasteiger partial charge in [-0.25, -0.2) is 4.79 Å². The fourth-order valence-corrected chi connectivity index (χ4v) is 2.86. The van der Waals surface area contributed by atoms with E-state index in [9.17, 15) is 14.4 Å². The number of hydrogen-bond donors (Lipinski definition) is 2. The van der Waals surface area contributed by atoms with E-state index < -0.39 is 17.2 Å². The second-order valence-electron chi connectivity index (χ2n) is 6.16. The van der Waals surface area contributed by atoms with Gasteiger partial charge in [0.05, 0.1) is 7.11 Å². The van der Waals surface area contributed by atoms with Crippen molar-refractivity contribution >= 4 is 23.5 Å². The number of benzene rings is 1. The summed E-state index contributed by atoms with van der Waals surface area (Å²) in [6.45, 7) is 4.30. The maximum absolute atomic E-state index is 12.8. The standard InChI is InChI=1S/C20H26N4O4/c1-4-6-13-24-18(21)17(19(26)22-20(24)27)23(5-2)16(25)12-11-14-9-7-8-10-15(14)28-3/h7-12H,4-6,13,21H2,1-3H3,(H,22,26,27)/b12-11+. The molecule has 3 N–H and O–H groups in total. The van der Waals surface area contributed by atoms with Gasteiger partial charge in [0.1, 0.15) is 11.6 Å². The highest BCUT2D eigenvalue weighted by Crippen LogP contribution is 2.20. The molecule has 0 aliphatic carbocycles. The van der Waals surface area contributed by atoms with E-state index in [0.29, 0.717) is 12.3 Å². The summed E-state index contributed by atoms with van der Waals surface area (Å²) in [6.07, 6.45) is 4.55. The van der Waals surface area contributed by atoms with E-state index in [1.165, 1.54) is 15.5 Å². The fourth-order valence-electron chi connectivity index (χ4n) is 2.86. The van der Waals surface area contributed by atoms with E-state index in [1.807, 2.05) is 25.1 Å². The first-order chi connectivity index (χ1) is 13.4. The molecule has 0 aliphatic heterocycles. The number of rotatable bonds is 8. The second kappa shape index (κ2) is 9.59. The normalized spacial score (nSPS) is 11.0. The molecule has 0 aliphatic rings. The molecule has 1 aromatic heterocycles. The van der Waals surface area contributed by atoms with Crippen LogP contribution in [0, 0.1) is 0 Å². The smallest absolute Gasteiger partial charge is 0.330 e. The second-order valence-corrected chi connectivity index (χ2v) is 6.16. The van der Waals surface area contributed by atoms with Gasteiger partial charge in [0, 0.05) is 24.7 Å². The van der Waals surface area contributed by atoms with Crippen molar-refractivity contribution in [1.29, 1.82) is 0 Å². The van der Waals surface area contributed by atoms with Crippen LogP contribution in [0.3, 0.4) is 0 Å². The van der Waals surface area contributed by atoms with Crippen LogP contribution in [0.2, 0.25) is 0 Å². The summed E-state index contributed by atoms with van der Waals surface area (Å²) < 4.78 is 6.56. The molecule has 0 radical (unpaired) electrons. The highest BCUT2D eigenvalue weighted by Gasteiger charge is 2.21. The molecule has 0 unspecified atom stereocenters. The number of methoxy groups -OCH3 is 1. The van der Waals surface area contributed by atoms with Crippen LogP contribution in [-0.2, 0) is 11.3 Å². The molecule has 0 saturated carbocycles. The third-order valence-electron chi connectivity index (χ3n) is 4.35. The number of nitrogens with zero attached hydrogens (tertiary/aromatic N) is 2. The molecule has 0 atom stereocenters. The Morgan fingerprint density at radius 1 is 1.29 bits per heavy atom. The van der Waals surface area contributed by atoms with Crippen LogP contribution in [-0.4, -0.2) is 29.1 Å². The lowest BCUT2D eigenvalue weighted by atomic mass is 10.2. The van der Waals surface area contributed by atoms with E-state index >= 15 is 0 Å². The molecular weight excluding hydrogens is 360 g/mol. The van der Waals surface area contributed by atoms with Crippen molar-refractivity contribution in [3.8, 4) is 5.75 Å². The number of ether oxygens (including phenoxy) is 1. The van der Waals surface area contributed by atoms with Crippen molar-refractivity contribution in [2.75, 3.05) is 24.3 Å². The predicted molar refractivity (Wildman–Crippen MR) is 111 cm³/mol. The van der Waals surface area contributed by atoms with Crippen LogP contribution in [0.1, 0.15) is 32.3 Å². The number of H-pyrrole nitrogens is 1. The molecule has 1 amide bonds. The number of nitrogen functional groups attached to an aromatic ring is 1. The zero-order chi connectivity index (χ0) is 20.7. The largest absolute Gasteiger partial charge is 0.496 e. The van der Waals surface area contributed by atoms with Gasteiger partial charge >= 0.3 is 5.69 Å². The van der Waals surface area contributed by atoms with Gasteiger partial charge in [-0.3, -0.25) is 19.1 Å². The fraction of sp³-hybridized carbons (Fsp3) is 0.350. The number of nitrogens with two attached hydrogens (primary N) is 1. The molecule has 2 rings (SSSR count). The lowest BCUT2D eigenvalue weighted by molar-refractivity contribution is -0.114. The minimum Gasteiger partial charge on any atom is -0.496 e. The van der Waals surface area contributed by atoms with Gasteiger partial charge in [0.15, 0.2) is 5.69 Å². The Kier molecular flexibility index (Phi) is 7.20. The number of likely N-dealkylation sites (N-methyl/N-ethyl adjacent to an activating group) is 1. The van der Waals surface area contributed by atoms with Crippen molar-refractivity contribution in [1.82, 2.24) is 9.55 Å². The summed E-state index contributed by atoms with van der Waals surface area (Å²) in [4.78, 5) is 40.7. The molecule has 2 aromatic rings. The molecule has 1 heterocycles. The zero-order valence-corrected chi connectivity index (χ0v) is 16.4. The third kappa shape index (κ3) is 4.51. The molecule has 0 saturated heterocycles. The maximum Gasteiger partial charge on any atom is 0.330 e. The minimum atomic E-state index is -0.684. The molecular formula is C20H26N4O4. The summed E-state index contributed by atoms with van der Waals surface area (Å²) >= 11 is 0. The van der Waals surface area contributed by atoms with Crippen molar-refractivity contribution in [3.05, 3.63) is 56.7 Å².